The third kappa shape index (κ3) is 4.25. The van der Waals surface area contributed by atoms with Gasteiger partial charge in [0.15, 0.2) is 5.82 Å². The summed E-state index contributed by atoms with van der Waals surface area (Å²) in [6.07, 6.45) is 2.91. The zero-order valence-corrected chi connectivity index (χ0v) is 16.2. The van der Waals surface area contributed by atoms with Gasteiger partial charge in [0.25, 0.3) is 0 Å². The van der Waals surface area contributed by atoms with E-state index < -0.39 is 0 Å². The molecule has 0 N–H and O–H groups in total. The van der Waals surface area contributed by atoms with E-state index in [4.69, 9.17) is 11.6 Å². The van der Waals surface area contributed by atoms with Crippen LogP contribution in [0.2, 0.25) is 5.02 Å². The Hall–Kier alpha value is -2.33. The van der Waals surface area contributed by atoms with Gasteiger partial charge < -0.3 is 4.90 Å². The molecule has 0 fully saturated rings. The molecule has 4 nitrogen and oxygen atoms in total. The molecule has 26 heavy (non-hydrogen) atoms. The average molecular weight is 369 g/mol. The highest BCUT2D eigenvalue weighted by Gasteiger charge is 2.20. The molecule has 0 spiro atoms. The molecular weight excluding hydrogens is 344 g/mol. The van der Waals surface area contributed by atoms with E-state index in [9.17, 15) is 0 Å². The Balaban J connectivity index is 2.02. The van der Waals surface area contributed by atoms with E-state index in [0.29, 0.717) is 0 Å². The number of hydrogen-bond acceptors (Lipinski definition) is 3. The number of para-hydroxylation sites is 1. The van der Waals surface area contributed by atoms with Crippen molar-refractivity contribution >= 4 is 17.4 Å². The molecule has 0 saturated carbocycles. The van der Waals surface area contributed by atoms with Crippen LogP contribution in [0.5, 0.6) is 0 Å². The van der Waals surface area contributed by atoms with E-state index in [-0.39, 0.29) is 0 Å². The number of hydrogen-bond donors (Lipinski definition) is 0. The summed E-state index contributed by atoms with van der Waals surface area (Å²) in [5.74, 6) is 1.09. The van der Waals surface area contributed by atoms with Crippen LogP contribution in [0.25, 0.3) is 5.69 Å². The Morgan fingerprint density at radius 3 is 2.19 bits per heavy atom. The molecule has 3 rings (SSSR count). The maximum atomic E-state index is 6.02. The molecule has 0 aliphatic heterocycles. The predicted molar refractivity (Wildman–Crippen MR) is 108 cm³/mol. The minimum absolute atomic E-state index is 0.739. The lowest BCUT2D eigenvalue weighted by Crippen LogP contribution is -2.28. The van der Waals surface area contributed by atoms with Crippen LogP contribution in [-0.4, -0.2) is 28.1 Å². The largest absolute Gasteiger partial charge is 0.355 e. The van der Waals surface area contributed by atoms with Crippen molar-refractivity contribution in [3.63, 3.8) is 0 Å². The first-order valence-electron chi connectivity index (χ1n) is 9.22. The van der Waals surface area contributed by atoms with Crippen molar-refractivity contribution in [2.75, 3.05) is 18.0 Å². The molecule has 1 aromatic heterocycles. The molecule has 1 heterocycles. The van der Waals surface area contributed by atoms with Gasteiger partial charge in [-0.1, -0.05) is 61.0 Å². The van der Waals surface area contributed by atoms with Crippen LogP contribution in [0, 0.1) is 0 Å². The van der Waals surface area contributed by atoms with E-state index >= 15 is 0 Å². The van der Waals surface area contributed by atoms with Gasteiger partial charge >= 0.3 is 0 Å². The maximum absolute atomic E-state index is 6.02. The smallest absolute Gasteiger partial charge is 0.156 e. The number of benzene rings is 2. The van der Waals surface area contributed by atoms with Crippen molar-refractivity contribution in [3.8, 4) is 5.69 Å². The second-order valence-electron chi connectivity index (χ2n) is 6.40. The molecule has 0 aliphatic carbocycles. The molecule has 0 bridgehead atoms. The lowest BCUT2D eigenvalue weighted by atomic mass is 10.1. The van der Waals surface area contributed by atoms with E-state index in [1.807, 2.05) is 35.0 Å². The highest BCUT2D eigenvalue weighted by molar-refractivity contribution is 6.30. The second kappa shape index (κ2) is 8.86. The lowest BCUT2D eigenvalue weighted by Gasteiger charge is -2.25. The minimum Gasteiger partial charge on any atom is -0.355 e. The van der Waals surface area contributed by atoms with Crippen LogP contribution in [0.1, 0.15) is 37.9 Å². The van der Waals surface area contributed by atoms with Crippen LogP contribution >= 0.6 is 11.6 Å². The van der Waals surface area contributed by atoms with Crippen molar-refractivity contribution in [1.82, 2.24) is 15.0 Å². The summed E-state index contributed by atoms with van der Waals surface area (Å²) in [4.78, 5) is 2.40. The topological polar surface area (TPSA) is 34.0 Å². The van der Waals surface area contributed by atoms with Crippen molar-refractivity contribution in [1.29, 1.82) is 0 Å². The summed E-state index contributed by atoms with van der Waals surface area (Å²) >= 11 is 6.02. The second-order valence-corrected chi connectivity index (χ2v) is 6.83. The van der Waals surface area contributed by atoms with Gasteiger partial charge in [0, 0.05) is 24.5 Å². The fraction of sp³-hybridized carbons (Fsp3) is 0.333. The summed E-state index contributed by atoms with van der Waals surface area (Å²) in [5, 5.41) is 9.77. The average Bonchev–Trinajstić information content (AvgIpc) is 3.07. The summed E-state index contributed by atoms with van der Waals surface area (Å²) in [6, 6.07) is 18.2. The van der Waals surface area contributed by atoms with Gasteiger partial charge in [0.1, 0.15) is 5.69 Å². The van der Waals surface area contributed by atoms with Crippen molar-refractivity contribution < 1.29 is 0 Å². The standard InChI is InChI=1S/C21H25ClN4/c1-3-14-25(15-4-2)21-20(16-17-10-12-18(22)13-11-17)23-24-26(21)19-8-6-5-7-9-19/h5-13H,3-4,14-16H2,1-2H3. The van der Waals surface area contributed by atoms with Gasteiger partial charge in [-0.25, -0.2) is 0 Å². The zero-order valence-electron chi connectivity index (χ0n) is 15.4. The Kier molecular flexibility index (Phi) is 6.29. The van der Waals surface area contributed by atoms with E-state index in [1.165, 1.54) is 5.56 Å². The van der Waals surface area contributed by atoms with Crippen LogP contribution in [0.3, 0.4) is 0 Å². The molecule has 0 amide bonds. The molecule has 0 atom stereocenters. The number of halogens is 1. The van der Waals surface area contributed by atoms with Gasteiger partial charge in [0.2, 0.25) is 0 Å². The number of anilines is 1. The zero-order chi connectivity index (χ0) is 18.4. The van der Waals surface area contributed by atoms with Crippen molar-refractivity contribution in [2.45, 2.75) is 33.1 Å². The first-order chi connectivity index (χ1) is 12.7. The maximum Gasteiger partial charge on any atom is 0.156 e. The third-order valence-corrected chi connectivity index (χ3v) is 4.54. The molecular formula is C21H25ClN4. The van der Waals surface area contributed by atoms with Crippen LogP contribution in [0.4, 0.5) is 5.82 Å². The predicted octanol–water partition coefficient (Wildman–Crippen LogP) is 5.14. The molecule has 0 unspecified atom stereocenters. The summed E-state index contributed by atoms with van der Waals surface area (Å²) in [7, 11) is 0. The van der Waals surface area contributed by atoms with E-state index in [0.717, 1.165) is 54.6 Å². The summed E-state index contributed by atoms with van der Waals surface area (Å²) in [6.45, 7) is 6.39. The number of rotatable bonds is 8. The molecule has 5 heteroatoms. The van der Waals surface area contributed by atoms with Gasteiger partial charge in [-0.05, 0) is 42.7 Å². The highest BCUT2D eigenvalue weighted by atomic mass is 35.5. The highest BCUT2D eigenvalue weighted by Crippen LogP contribution is 2.26. The van der Waals surface area contributed by atoms with Crippen molar-refractivity contribution in [3.05, 3.63) is 70.9 Å². The quantitative estimate of drug-likeness (QED) is 0.552. The molecule has 0 radical (unpaired) electrons. The van der Waals surface area contributed by atoms with Crippen LogP contribution in [0.15, 0.2) is 54.6 Å². The summed E-state index contributed by atoms with van der Waals surface area (Å²) < 4.78 is 1.97. The Bertz CT molecular complexity index is 806. The van der Waals surface area contributed by atoms with E-state index in [2.05, 4.69) is 53.3 Å². The SMILES string of the molecule is CCCN(CCC)c1c(Cc2ccc(Cl)cc2)nnn1-c1ccccc1. The normalized spacial score (nSPS) is 10.9. The third-order valence-electron chi connectivity index (χ3n) is 4.29. The van der Waals surface area contributed by atoms with Gasteiger partial charge in [-0.15, -0.1) is 5.10 Å². The molecule has 2 aromatic carbocycles. The van der Waals surface area contributed by atoms with Gasteiger partial charge in [-0.3, -0.25) is 0 Å². The van der Waals surface area contributed by atoms with Gasteiger partial charge in [-0.2, -0.15) is 4.68 Å². The van der Waals surface area contributed by atoms with Crippen molar-refractivity contribution in [2.24, 2.45) is 0 Å². The first kappa shape index (κ1) is 18.5. The minimum atomic E-state index is 0.739. The molecule has 0 saturated heterocycles. The fourth-order valence-electron chi connectivity index (χ4n) is 3.14. The Labute approximate surface area is 160 Å². The monoisotopic (exact) mass is 368 g/mol. The van der Waals surface area contributed by atoms with Crippen LogP contribution in [-0.2, 0) is 6.42 Å². The first-order valence-corrected chi connectivity index (χ1v) is 9.60. The lowest BCUT2D eigenvalue weighted by molar-refractivity contribution is 0.704. The molecule has 0 aliphatic rings. The van der Waals surface area contributed by atoms with Gasteiger partial charge in [0.05, 0.1) is 5.69 Å². The Morgan fingerprint density at radius 2 is 1.58 bits per heavy atom. The summed E-state index contributed by atoms with van der Waals surface area (Å²) in [5.41, 5.74) is 3.22. The Morgan fingerprint density at radius 1 is 0.923 bits per heavy atom. The van der Waals surface area contributed by atoms with Crippen LogP contribution < -0.4 is 4.90 Å². The fourth-order valence-corrected chi connectivity index (χ4v) is 3.27. The van der Waals surface area contributed by atoms with E-state index in [1.54, 1.807) is 0 Å². The molecule has 3 aromatic rings. The molecule has 136 valence electrons. The number of nitrogens with zero attached hydrogens (tertiary/aromatic N) is 4. The number of aromatic nitrogens is 3.